The van der Waals surface area contributed by atoms with Crippen LogP contribution < -0.4 is 0 Å². The van der Waals surface area contributed by atoms with Crippen molar-refractivity contribution in [2.24, 2.45) is 28.1 Å². The molecule has 1 heterocycles. The second kappa shape index (κ2) is 10.5. The molecule has 0 aromatic carbocycles. The Bertz CT molecular complexity index is 872. The summed E-state index contributed by atoms with van der Waals surface area (Å²) in [7, 11) is 0. The fraction of sp³-hybridized carbons (Fsp3) is 0.893. The maximum atomic E-state index is 11.2. The van der Waals surface area contributed by atoms with E-state index >= 15 is 0 Å². The van der Waals surface area contributed by atoms with Gasteiger partial charge in [0.1, 0.15) is 31.0 Å². The summed E-state index contributed by atoms with van der Waals surface area (Å²) in [6, 6.07) is 0. The number of allylic oxidation sites excluding steroid dienone is 1. The summed E-state index contributed by atoms with van der Waals surface area (Å²) in [5.41, 5.74) is 0.764. The van der Waals surface area contributed by atoms with Crippen molar-refractivity contribution in [3.63, 3.8) is 0 Å². The van der Waals surface area contributed by atoms with Crippen molar-refractivity contribution in [3.8, 4) is 0 Å². The van der Waals surface area contributed by atoms with Gasteiger partial charge < -0.3 is 39.7 Å². The van der Waals surface area contributed by atoms with Gasteiger partial charge in [0, 0.05) is 12.3 Å². The van der Waals surface area contributed by atoms with Crippen molar-refractivity contribution in [3.05, 3.63) is 11.6 Å². The van der Waals surface area contributed by atoms with Gasteiger partial charge in [0.25, 0.3) is 0 Å². The Morgan fingerprint density at radius 3 is 2.43 bits per heavy atom. The number of aliphatic hydroxyl groups excluding tert-OH is 5. The first-order chi connectivity index (χ1) is 17.2. The number of ether oxygens (including phenoxy) is 3. The molecule has 212 valence electrons. The van der Waals surface area contributed by atoms with Gasteiger partial charge in [-0.05, 0) is 61.2 Å². The minimum absolute atomic E-state index is 0.00414. The lowest BCUT2D eigenvalue weighted by molar-refractivity contribution is -0.327. The number of hydrogen-bond donors (Lipinski definition) is 5. The molecule has 5 N–H and O–H groups in total. The Morgan fingerprint density at radius 1 is 1.08 bits per heavy atom. The molecule has 1 saturated heterocycles. The van der Waals surface area contributed by atoms with Gasteiger partial charge in [-0.1, -0.05) is 39.3 Å². The van der Waals surface area contributed by atoms with Crippen LogP contribution in [0.4, 0.5) is 0 Å². The molecule has 9 nitrogen and oxygen atoms in total. The Labute approximate surface area is 219 Å². The molecule has 4 rings (SSSR count). The van der Waals surface area contributed by atoms with E-state index in [4.69, 9.17) is 14.2 Å². The summed E-state index contributed by atoms with van der Waals surface area (Å²) >= 11 is 0. The summed E-state index contributed by atoms with van der Waals surface area (Å²) in [6.07, 6.45) is 0.254. The Balaban J connectivity index is 1.50. The van der Waals surface area contributed by atoms with Crippen molar-refractivity contribution < 1.29 is 44.5 Å². The maximum Gasteiger partial charge on any atom is 0.302 e. The fourth-order valence-electron chi connectivity index (χ4n) is 7.96. The summed E-state index contributed by atoms with van der Waals surface area (Å²) in [4.78, 5) is 11.2. The first-order valence-electron chi connectivity index (χ1n) is 13.7. The van der Waals surface area contributed by atoms with Crippen LogP contribution in [0, 0.1) is 28.1 Å². The van der Waals surface area contributed by atoms with E-state index in [-0.39, 0.29) is 29.5 Å². The van der Waals surface area contributed by atoms with Gasteiger partial charge in [0.05, 0.1) is 18.8 Å². The molecule has 1 aliphatic heterocycles. The zero-order valence-corrected chi connectivity index (χ0v) is 22.8. The summed E-state index contributed by atoms with van der Waals surface area (Å²) < 4.78 is 17.1. The van der Waals surface area contributed by atoms with Crippen LogP contribution in [-0.2, 0) is 19.0 Å². The highest BCUT2D eigenvalue weighted by molar-refractivity contribution is 5.65. The van der Waals surface area contributed by atoms with Crippen molar-refractivity contribution in [2.45, 2.75) is 116 Å². The third-order valence-electron chi connectivity index (χ3n) is 10.3. The highest BCUT2D eigenvalue weighted by Gasteiger charge is 2.59. The zero-order chi connectivity index (χ0) is 27.3. The lowest BCUT2D eigenvalue weighted by atomic mass is 9.45. The van der Waals surface area contributed by atoms with E-state index in [0.29, 0.717) is 11.8 Å². The van der Waals surface area contributed by atoms with Crippen molar-refractivity contribution in [2.75, 3.05) is 13.2 Å². The van der Waals surface area contributed by atoms with Crippen molar-refractivity contribution in [1.82, 2.24) is 0 Å². The molecule has 4 aliphatic rings. The van der Waals surface area contributed by atoms with Crippen molar-refractivity contribution in [1.29, 1.82) is 0 Å². The van der Waals surface area contributed by atoms with E-state index in [2.05, 4.69) is 26.8 Å². The van der Waals surface area contributed by atoms with Crippen LogP contribution in [0.15, 0.2) is 11.6 Å². The molecule has 3 fully saturated rings. The number of carbonyl (C=O) groups excluding carboxylic acids is 1. The molecular weight excluding hydrogens is 480 g/mol. The maximum absolute atomic E-state index is 11.2. The van der Waals surface area contributed by atoms with Crippen LogP contribution >= 0.6 is 0 Å². The third-order valence-corrected chi connectivity index (χ3v) is 10.3. The van der Waals surface area contributed by atoms with Crippen molar-refractivity contribution >= 4 is 5.97 Å². The number of hydrogen-bond acceptors (Lipinski definition) is 9. The predicted octanol–water partition coefficient (Wildman–Crippen LogP) is 1.67. The van der Waals surface area contributed by atoms with Crippen LogP contribution in [0.1, 0.15) is 73.1 Å². The third kappa shape index (κ3) is 5.13. The van der Waals surface area contributed by atoms with E-state index in [1.54, 1.807) is 0 Å². The number of fused-ring (bicyclic) bond motifs is 3. The predicted molar refractivity (Wildman–Crippen MR) is 134 cm³/mol. The van der Waals surface area contributed by atoms with Crippen LogP contribution in [0.2, 0.25) is 0 Å². The van der Waals surface area contributed by atoms with Gasteiger partial charge in [0.15, 0.2) is 6.29 Å². The molecule has 0 spiro atoms. The average molecular weight is 527 g/mol. The van der Waals surface area contributed by atoms with Crippen LogP contribution in [-0.4, -0.2) is 87.6 Å². The number of rotatable bonds is 6. The standard InChI is InChI=1S/C28H46O9/c1-15(30)35-14-20(31)27(4)10-8-17-16(12-27)6-7-19-26(2,3)21(9-11-28(17,19)5)37-25-24(34)23(33)22(32)18(13-29)36-25/h12,17-25,29,31-34H,6-11,13-14H2,1-5H3/t17-,18?,19-,20?,21?,22?,23?,24?,25?,27+,28+/m1/s1. The molecule has 7 unspecified atom stereocenters. The monoisotopic (exact) mass is 526 g/mol. The van der Waals surface area contributed by atoms with Gasteiger partial charge in [0.2, 0.25) is 0 Å². The molecular formula is C28H46O9. The topological polar surface area (TPSA) is 146 Å². The number of aliphatic hydroxyl groups is 5. The number of carbonyl (C=O) groups is 1. The normalized spacial score (nSPS) is 46.3. The van der Waals surface area contributed by atoms with Gasteiger partial charge in [-0.15, -0.1) is 0 Å². The van der Waals surface area contributed by atoms with E-state index < -0.39 is 48.8 Å². The first-order valence-corrected chi connectivity index (χ1v) is 13.7. The molecule has 0 amide bonds. The van der Waals surface area contributed by atoms with Gasteiger partial charge in [-0.3, -0.25) is 4.79 Å². The molecule has 3 aliphatic carbocycles. The summed E-state index contributed by atoms with van der Waals surface area (Å²) in [5, 5.41) is 51.2. The first kappa shape index (κ1) is 28.9. The molecule has 0 bridgehead atoms. The minimum Gasteiger partial charge on any atom is -0.463 e. The molecule has 0 aromatic heterocycles. The average Bonchev–Trinajstić information content (AvgIpc) is 2.83. The zero-order valence-electron chi connectivity index (χ0n) is 22.8. The second-order valence-electron chi connectivity index (χ2n) is 12.9. The molecule has 9 heteroatoms. The van der Waals surface area contributed by atoms with Gasteiger partial charge in [-0.2, -0.15) is 0 Å². The summed E-state index contributed by atoms with van der Waals surface area (Å²) in [5.74, 6) is 0.357. The molecule has 0 radical (unpaired) electrons. The molecule has 0 aromatic rings. The molecule has 37 heavy (non-hydrogen) atoms. The highest BCUT2D eigenvalue weighted by Crippen LogP contribution is 2.64. The second-order valence-corrected chi connectivity index (χ2v) is 12.9. The van der Waals surface area contributed by atoms with Crippen LogP contribution in [0.5, 0.6) is 0 Å². The minimum atomic E-state index is -1.46. The Hall–Kier alpha value is -1.07. The van der Waals surface area contributed by atoms with Crippen LogP contribution in [0.3, 0.4) is 0 Å². The lowest BCUT2D eigenvalue weighted by Crippen LogP contribution is -2.62. The largest absolute Gasteiger partial charge is 0.463 e. The quantitative estimate of drug-likeness (QED) is 0.198. The fourth-order valence-corrected chi connectivity index (χ4v) is 7.96. The van der Waals surface area contributed by atoms with E-state index in [9.17, 15) is 30.3 Å². The van der Waals surface area contributed by atoms with E-state index in [1.807, 2.05) is 6.92 Å². The van der Waals surface area contributed by atoms with Crippen LogP contribution in [0.25, 0.3) is 0 Å². The van der Waals surface area contributed by atoms with E-state index in [0.717, 1.165) is 38.5 Å². The van der Waals surface area contributed by atoms with Gasteiger partial charge in [-0.25, -0.2) is 0 Å². The SMILES string of the molecule is CC(=O)OCC(O)[C@]1(C)C=C2CC[C@@H]3C(C)(C)C(OC4OC(CO)C(O)C(O)C4O)CC[C@@]3(C)[C@@H]2CC1. The lowest BCUT2D eigenvalue weighted by Gasteiger charge is -2.62. The molecule has 2 saturated carbocycles. The van der Waals surface area contributed by atoms with Gasteiger partial charge >= 0.3 is 5.97 Å². The Kier molecular flexibility index (Phi) is 8.20. The smallest absolute Gasteiger partial charge is 0.302 e. The van der Waals surface area contributed by atoms with E-state index in [1.165, 1.54) is 12.5 Å². The number of esters is 1. The molecule has 11 atom stereocenters. The Morgan fingerprint density at radius 2 is 1.78 bits per heavy atom. The highest BCUT2D eigenvalue weighted by atomic mass is 16.7. The summed E-state index contributed by atoms with van der Waals surface area (Å²) in [6.45, 7) is 9.70.